The van der Waals surface area contributed by atoms with Gasteiger partial charge in [-0.05, 0) is 89.3 Å². The van der Waals surface area contributed by atoms with Crippen molar-refractivity contribution in [3.8, 4) is 11.5 Å². The van der Waals surface area contributed by atoms with Gasteiger partial charge in [-0.15, -0.1) is 5.11 Å². The van der Waals surface area contributed by atoms with Gasteiger partial charge in [0.05, 0.1) is 45.3 Å². The monoisotopic (exact) mass is 1430 g/mol. The molecular weight excluding hydrogens is 1390 g/mol. The second-order valence-corrected chi connectivity index (χ2v) is 28.2. The second-order valence-electron chi connectivity index (χ2n) is 19.2. The summed E-state index contributed by atoms with van der Waals surface area (Å²) < 4.78 is 213. The first-order valence-electron chi connectivity index (χ1n) is 25.3. The molecule has 0 saturated carbocycles. The summed E-state index contributed by atoms with van der Waals surface area (Å²) in [6.45, 7) is 3.25. The molecule has 0 spiro atoms. The smallest absolute Gasteiger partial charge is 0.296 e. The van der Waals surface area contributed by atoms with E-state index >= 15 is 0 Å². The predicted molar refractivity (Wildman–Crippen MR) is 327 cm³/mol. The molecule has 45 heteroatoms. The van der Waals surface area contributed by atoms with Gasteiger partial charge in [-0.1, -0.05) is 12.1 Å². The molecule has 1 amide bonds. The zero-order chi connectivity index (χ0) is 67.2. The molecule has 0 radical (unpaired) electrons. The van der Waals surface area contributed by atoms with Gasteiger partial charge >= 0.3 is 0 Å². The first-order chi connectivity index (χ1) is 42.8. The molecule has 0 unspecified atom stereocenters. The number of rotatable bonds is 22. The summed E-state index contributed by atoms with van der Waals surface area (Å²) in [5, 5.41) is 28.9. The van der Waals surface area contributed by atoms with Gasteiger partial charge in [0.25, 0.3) is 60.7 Å². The molecule has 9 rings (SSSR count). The molecular formula is C47H44Cl2N16O21S6. The summed E-state index contributed by atoms with van der Waals surface area (Å²) >= 11 is 12.7. The normalized spacial score (nSPS) is 13.7. The maximum absolute atomic E-state index is 12.7. The fourth-order valence-electron chi connectivity index (χ4n) is 9.04. The molecule has 37 nitrogen and oxygen atoms in total. The fourth-order valence-corrected chi connectivity index (χ4v) is 13.3. The number of ether oxygens (including phenoxy) is 1. The summed E-state index contributed by atoms with van der Waals surface area (Å²) in [6.07, 6.45) is 0. The average molecular weight is 1430 g/mol. The Morgan fingerprint density at radius 1 is 0.576 bits per heavy atom. The first-order valence-corrected chi connectivity index (χ1v) is 34.6. The van der Waals surface area contributed by atoms with Crippen molar-refractivity contribution in [3.63, 3.8) is 0 Å². The Labute approximate surface area is 529 Å². The number of methoxy groups -OCH3 is 1. The number of piperazine rings is 1. The maximum atomic E-state index is 12.7. The van der Waals surface area contributed by atoms with E-state index in [1.54, 1.807) is 4.90 Å². The van der Waals surface area contributed by atoms with Crippen LogP contribution in [0.2, 0.25) is 10.6 Å². The summed E-state index contributed by atoms with van der Waals surface area (Å²) in [4.78, 5) is 35.9. The van der Waals surface area contributed by atoms with Gasteiger partial charge in [-0.25, -0.2) is 0 Å². The Morgan fingerprint density at radius 3 is 1.82 bits per heavy atom. The molecule has 0 atom stereocenters. The third kappa shape index (κ3) is 15.8. The highest BCUT2D eigenvalue weighted by atomic mass is 35.5. The van der Waals surface area contributed by atoms with E-state index in [9.17, 15) is 87.7 Å². The van der Waals surface area contributed by atoms with Gasteiger partial charge < -0.3 is 36.0 Å². The number of halogens is 2. The molecule has 3 heterocycles. The zero-order valence-corrected chi connectivity index (χ0v) is 52.7. The van der Waals surface area contributed by atoms with Crippen LogP contribution in [0.15, 0.2) is 118 Å². The van der Waals surface area contributed by atoms with Crippen LogP contribution in [0.5, 0.6) is 11.5 Å². The topological polar surface area (TPSA) is 553 Å². The van der Waals surface area contributed by atoms with Gasteiger partial charge in [-0.2, -0.15) is 85.5 Å². The highest BCUT2D eigenvalue weighted by molar-refractivity contribution is 7.87. The van der Waals surface area contributed by atoms with Crippen LogP contribution in [0.3, 0.4) is 0 Å². The number of phenolic OH excluding ortho intramolecular Hbond substituents is 1. The van der Waals surface area contributed by atoms with E-state index in [-0.39, 0.29) is 68.9 Å². The summed E-state index contributed by atoms with van der Waals surface area (Å²) in [7, 11) is -29.5. The van der Waals surface area contributed by atoms with Crippen LogP contribution in [0.4, 0.5) is 63.6 Å². The average Bonchev–Trinajstić information content (AvgIpc) is 0.774. The first kappa shape index (κ1) is 67.7. The number of anilines is 9. The maximum Gasteiger partial charge on any atom is 0.296 e. The Balaban J connectivity index is 0.894. The van der Waals surface area contributed by atoms with E-state index in [1.807, 2.05) is 4.90 Å². The van der Waals surface area contributed by atoms with Gasteiger partial charge in [-0.3, -0.25) is 47.9 Å². The lowest BCUT2D eigenvalue weighted by atomic mass is 10.1. The largest absolute Gasteiger partial charge is 0.505 e. The molecule has 0 bridgehead atoms. The van der Waals surface area contributed by atoms with Crippen molar-refractivity contribution >= 4 is 175 Å². The van der Waals surface area contributed by atoms with Crippen molar-refractivity contribution in [3.05, 3.63) is 89.4 Å². The van der Waals surface area contributed by atoms with E-state index < -0.39 is 141 Å². The van der Waals surface area contributed by atoms with Crippen LogP contribution in [0.1, 0.15) is 6.92 Å². The van der Waals surface area contributed by atoms with Crippen molar-refractivity contribution in [1.82, 2.24) is 34.8 Å². The minimum absolute atomic E-state index is 0.0140. The van der Waals surface area contributed by atoms with Crippen LogP contribution in [0, 0.1) is 0 Å². The van der Waals surface area contributed by atoms with Crippen LogP contribution >= 0.6 is 23.2 Å². The lowest BCUT2D eigenvalue weighted by molar-refractivity contribution is -0.114. The van der Waals surface area contributed by atoms with Gasteiger partial charge in [0.1, 0.15) is 36.7 Å². The molecule has 1 saturated heterocycles. The Hall–Kier alpha value is -8.67. The van der Waals surface area contributed by atoms with Gasteiger partial charge in [0, 0.05) is 68.4 Å². The van der Waals surface area contributed by atoms with Crippen LogP contribution in [-0.2, 0) is 65.5 Å². The van der Waals surface area contributed by atoms with E-state index in [1.165, 1.54) is 32.2 Å². The molecule has 0 aliphatic carbocycles. The number of aromatic hydroxyl groups is 1. The van der Waals surface area contributed by atoms with Gasteiger partial charge in [0.15, 0.2) is 5.75 Å². The number of hydrazine groups is 1. The Bertz CT molecular complexity index is 5120. The molecule has 488 valence electrons. The van der Waals surface area contributed by atoms with Crippen LogP contribution in [-0.4, -0.2) is 170 Å². The number of carbonyl (C=O) groups excluding carboxylic acids is 1. The lowest BCUT2D eigenvalue weighted by Gasteiger charge is -2.34. The number of nitrogens with zero attached hydrogens (tertiary/aromatic N) is 10. The van der Waals surface area contributed by atoms with E-state index in [0.717, 1.165) is 30.3 Å². The third-order valence-corrected chi connectivity index (χ3v) is 18.6. The number of azo groups is 1. The Kier molecular flexibility index (Phi) is 19.0. The number of phenols is 1. The SMILES string of the molecule is COc1cc(/N=N/c2cc(S(=O)(=O)O)c3cccc(S(=O)(=O)O)c3c2)c(NC(C)=O)cc1Nc1nc(Cl)nc(N2CCN(CCNc3nc(Cl)nc(Nc4cc(S(=O)(=O)O)cc5cc(S(=O)(=O)O)c(NNc6ccc(S(=O)(=O)O)cc6S(=O)(=O)O)c(O)c45)n3)CC2)n1. The van der Waals surface area contributed by atoms with Crippen LogP contribution in [0.25, 0.3) is 21.5 Å². The number of hydrogen-bond acceptors (Lipinski definition) is 30. The minimum Gasteiger partial charge on any atom is -0.505 e. The van der Waals surface area contributed by atoms with E-state index in [2.05, 4.69) is 72.3 Å². The zero-order valence-electron chi connectivity index (χ0n) is 46.3. The molecule has 2 aromatic heterocycles. The molecule has 92 heavy (non-hydrogen) atoms. The number of carbonyl (C=O) groups is 1. The standard InChI is InChI=1S/C47H44Cl2N16O21S6/c1-22(66)51-30-20-32(34(86-2)21-31(30)62-60-24-16-28-27(36(17-24)90(77,78)79)4-3-5-35(28)89(74,75)76)52-46-56-43(49)57-47(59-46)65-12-10-64(11-13-65)9-8-50-44-54-42(48)55-45(58-44)53-33-18-26(88(71,72)73)14-23-15-38(92(83,84)85)40(41(67)39(23)33)63-61-29-7-6-25(87(68,69)70)19-37(29)91(80,81)82/h3-7,14-21,61,63,67H,8-13H2,1-2H3,(H,51,66)(H,68,69,70)(H,71,72,73)(H,74,75,76)(H,77,78,79)(H,80,81,82)(H,83,84,85)(H,52,56,57,59)(H2,50,53,54,55,58)/b62-60+. The van der Waals surface area contributed by atoms with Crippen molar-refractivity contribution in [2.24, 2.45) is 10.2 Å². The van der Waals surface area contributed by atoms with Crippen molar-refractivity contribution in [2.75, 3.05) is 83.4 Å². The summed E-state index contributed by atoms with van der Waals surface area (Å²) in [5.74, 6) is -2.14. The molecule has 8 aromatic rings. The van der Waals surface area contributed by atoms with Gasteiger partial charge in [0.2, 0.25) is 40.3 Å². The van der Waals surface area contributed by atoms with Crippen molar-refractivity contribution in [2.45, 2.75) is 36.3 Å². The molecule has 1 fully saturated rings. The third-order valence-electron chi connectivity index (χ3n) is 13.0. The van der Waals surface area contributed by atoms with Crippen LogP contribution < -0.4 is 41.8 Å². The molecule has 13 N–H and O–H groups in total. The highest BCUT2D eigenvalue weighted by Crippen LogP contribution is 2.45. The van der Waals surface area contributed by atoms with Crippen molar-refractivity contribution < 1.29 is 92.5 Å². The number of benzene rings is 6. The number of amides is 1. The molecule has 6 aromatic carbocycles. The lowest BCUT2D eigenvalue weighted by Crippen LogP contribution is -2.48. The quantitative estimate of drug-likeness (QED) is 0.0175. The molecule has 1 aliphatic rings. The number of nitrogens with one attached hydrogen (secondary N) is 6. The number of fused-ring (bicyclic) bond motifs is 2. The van der Waals surface area contributed by atoms with Crippen molar-refractivity contribution in [1.29, 1.82) is 0 Å². The predicted octanol–water partition coefficient (Wildman–Crippen LogP) is 5.40. The summed E-state index contributed by atoms with van der Waals surface area (Å²) in [6, 6.07) is 11.9. The van der Waals surface area contributed by atoms with E-state index in [0.29, 0.717) is 63.1 Å². The summed E-state index contributed by atoms with van der Waals surface area (Å²) in [5.41, 5.74) is 2.00. The highest BCUT2D eigenvalue weighted by Gasteiger charge is 2.29. The Morgan fingerprint density at radius 2 is 1.20 bits per heavy atom. The molecule has 1 aliphatic heterocycles. The number of hydrogen-bond donors (Lipinski definition) is 13. The number of aromatic nitrogens is 6. The minimum atomic E-state index is -5.41. The van der Waals surface area contributed by atoms with E-state index in [4.69, 9.17) is 27.9 Å². The second kappa shape index (κ2) is 25.8. The fraction of sp³-hybridized carbons (Fsp3) is 0.170.